The van der Waals surface area contributed by atoms with Crippen molar-refractivity contribution in [1.29, 1.82) is 0 Å². The minimum Gasteiger partial charge on any atom is -0.394 e. The first-order valence-electron chi connectivity index (χ1n) is 5.21. The summed E-state index contributed by atoms with van der Waals surface area (Å²) in [7, 11) is 0. The summed E-state index contributed by atoms with van der Waals surface area (Å²) >= 11 is 0. The van der Waals surface area contributed by atoms with Crippen LogP contribution in [0.15, 0.2) is 12.4 Å². The van der Waals surface area contributed by atoms with E-state index in [-0.39, 0.29) is 6.61 Å². The third-order valence-electron chi connectivity index (χ3n) is 2.11. The number of rotatable bonds is 8. The number of nitrogens with zero attached hydrogens (tertiary/aromatic N) is 2. The van der Waals surface area contributed by atoms with Crippen LogP contribution in [-0.4, -0.2) is 47.6 Å². The summed E-state index contributed by atoms with van der Waals surface area (Å²) in [5.74, 6) is 1.04. The summed E-state index contributed by atoms with van der Waals surface area (Å²) in [5, 5.41) is 11.7. The first-order chi connectivity index (χ1) is 7.34. The molecule has 2 N–H and O–H groups in total. The predicted octanol–water partition coefficient (Wildman–Crippen LogP) is -0.210. The lowest BCUT2D eigenvalue weighted by Crippen LogP contribution is -2.24. The zero-order chi connectivity index (χ0) is 10.9. The number of ether oxygens (including phenoxy) is 1. The van der Waals surface area contributed by atoms with Gasteiger partial charge < -0.3 is 19.7 Å². The molecule has 0 saturated carbocycles. The molecule has 1 rings (SSSR count). The van der Waals surface area contributed by atoms with Gasteiger partial charge in [0.05, 0.1) is 19.8 Å². The molecule has 5 nitrogen and oxygen atoms in total. The Labute approximate surface area is 90.1 Å². The number of nitrogens with one attached hydrogen (secondary N) is 1. The fourth-order valence-corrected chi connectivity index (χ4v) is 1.28. The molecule has 1 heterocycles. The van der Waals surface area contributed by atoms with Crippen LogP contribution in [0.25, 0.3) is 0 Å². The van der Waals surface area contributed by atoms with E-state index in [0.29, 0.717) is 13.2 Å². The zero-order valence-electron chi connectivity index (χ0n) is 9.15. The van der Waals surface area contributed by atoms with Crippen molar-refractivity contribution in [3.8, 4) is 0 Å². The largest absolute Gasteiger partial charge is 0.394 e. The van der Waals surface area contributed by atoms with Crippen molar-refractivity contribution in [2.24, 2.45) is 0 Å². The molecular weight excluding hydrogens is 194 g/mol. The third-order valence-corrected chi connectivity index (χ3v) is 2.11. The molecule has 0 spiro atoms. The molecule has 1 aromatic heterocycles. The van der Waals surface area contributed by atoms with Crippen LogP contribution in [0.5, 0.6) is 0 Å². The molecule has 0 aliphatic heterocycles. The quantitative estimate of drug-likeness (QED) is 0.587. The molecule has 0 aliphatic rings. The summed E-state index contributed by atoms with van der Waals surface area (Å²) in [5.41, 5.74) is 0. The molecule has 0 aliphatic carbocycles. The summed E-state index contributed by atoms with van der Waals surface area (Å²) < 4.78 is 7.21. The highest BCUT2D eigenvalue weighted by Crippen LogP contribution is 1.92. The van der Waals surface area contributed by atoms with Gasteiger partial charge >= 0.3 is 0 Å². The van der Waals surface area contributed by atoms with Crippen LogP contribution in [0, 0.1) is 6.92 Å². The van der Waals surface area contributed by atoms with Gasteiger partial charge in [0.25, 0.3) is 0 Å². The minimum absolute atomic E-state index is 0.0915. The summed E-state index contributed by atoms with van der Waals surface area (Å²) in [6.45, 7) is 5.78. The van der Waals surface area contributed by atoms with Crippen molar-refractivity contribution in [1.82, 2.24) is 14.9 Å². The molecule has 0 unspecified atom stereocenters. The van der Waals surface area contributed by atoms with Crippen LogP contribution < -0.4 is 5.32 Å². The molecule has 5 heteroatoms. The monoisotopic (exact) mass is 213 g/mol. The number of hydrogen-bond acceptors (Lipinski definition) is 4. The first-order valence-corrected chi connectivity index (χ1v) is 5.21. The Morgan fingerprint density at radius 2 is 2.33 bits per heavy atom. The second-order valence-electron chi connectivity index (χ2n) is 3.25. The normalized spacial score (nSPS) is 10.8. The summed E-state index contributed by atoms with van der Waals surface area (Å²) in [6.07, 6.45) is 3.78. The average molecular weight is 213 g/mol. The Bertz CT molecular complexity index is 263. The van der Waals surface area contributed by atoms with E-state index in [9.17, 15) is 0 Å². The van der Waals surface area contributed by atoms with Crippen molar-refractivity contribution in [2.75, 3.05) is 32.9 Å². The van der Waals surface area contributed by atoms with Crippen LogP contribution in [0.1, 0.15) is 5.82 Å². The average Bonchev–Trinajstić information content (AvgIpc) is 2.63. The Hall–Kier alpha value is -0.910. The smallest absolute Gasteiger partial charge is 0.105 e. The second kappa shape index (κ2) is 7.39. The van der Waals surface area contributed by atoms with E-state index in [4.69, 9.17) is 9.84 Å². The van der Waals surface area contributed by atoms with Gasteiger partial charge in [-0.25, -0.2) is 4.98 Å². The molecule has 0 amide bonds. The number of aliphatic hydroxyl groups excluding tert-OH is 1. The van der Waals surface area contributed by atoms with Gasteiger partial charge in [0, 0.05) is 32.0 Å². The highest BCUT2D eigenvalue weighted by Gasteiger charge is 1.95. The maximum atomic E-state index is 8.47. The van der Waals surface area contributed by atoms with E-state index in [1.165, 1.54) is 0 Å². The van der Waals surface area contributed by atoms with Crippen molar-refractivity contribution >= 4 is 0 Å². The molecule has 0 aromatic carbocycles. The van der Waals surface area contributed by atoms with Gasteiger partial charge in [-0.15, -0.1) is 0 Å². The number of aliphatic hydroxyl groups is 1. The molecule has 15 heavy (non-hydrogen) atoms. The molecule has 0 radical (unpaired) electrons. The van der Waals surface area contributed by atoms with Crippen LogP contribution in [0.3, 0.4) is 0 Å². The maximum Gasteiger partial charge on any atom is 0.105 e. The Balaban J connectivity index is 1.96. The van der Waals surface area contributed by atoms with Gasteiger partial charge in [-0.1, -0.05) is 0 Å². The van der Waals surface area contributed by atoms with Gasteiger partial charge in [0.15, 0.2) is 0 Å². The minimum atomic E-state index is 0.0915. The van der Waals surface area contributed by atoms with Crippen molar-refractivity contribution in [2.45, 2.75) is 13.5 Å². The fourth-order valence-electron chi connectivity index (χ4n) is 1.28. The van der Waals surface area contributed by atoms with Gasteiger partial charge in [-0.05, 0) is 6.92 Å². The van der Waals surface area contributed by atoms with E-state index in [1.807, 2.05) is 13.1 Å². The number of imidazole rings is 1. The van der Waals surface area contributed by atoms with Gasteiger partial charge in [0.1, 0.15) is 5.82 Å². The van der Waals surface area contributed by atoms with Crippen molar-refractivity contribution < 1.29 is 9.84 Å². The summed E-state index contributed by atoms with van der Waals surface area (Å²) in [4.78, 5) is 4.14. The lowest BCUT2D eigenvalue weighted by atomic mass is 10.5. The maximum absolute atomic E-state index is 8.47. The molecule has 0 saturated heterocycles. The molecule has 0 bridgehead atoms. The lowest BCUT2D eigenvalue weighted by Gasteiger charge is -2.07. The fraction of sp³-hybridized carbons (Fsp3) is 0.700. The lowest BCUT2D eigenvalue weighted by molar-refractivity contribution is 0.0939. The topological polar surface area (TPSA) is 59.3 Å². The highest BCUT2D eigenvalue weighted by molar-refractivity contribution is 4.88. The standard InChI is InChI=1S/C10H19N3O2/c1-10-12-3-6-13(10)5-2-11-4-8-15-9-7-14/h3,6,11,14H,2,4-5,7-9H2,1H3. The van der Waals surface area contributed by atoms with Crippen LogP contribution in [0.2, 0.25) is 0 Å². The van der Waals surface area contributed by atoms with E-state index < -0.39 is 0 Å². The Morgan fingerprint density at radius 1 is 1.47 bits per heavy atom. The van der Waals surface area contributed by atoms with Gasteiger partial charge in [0.2, 0.25) is 0 Å². The molecule has 0 atom stereocenters. The van der Waals surface area contributed by atoms with E-state index in [0.717, 1.165) is 25.5 Å². The van der Waals surface area contributed by atoms with Gasteiger partial charge in [-0.3, -0.25) is 0 Å². The van der Waals surface area contributed by atoms with Crippen molar-refractivity contribution in [3.63, 3.8) is 0 Å². The molecule has 1 aromatic rings. The number of aromatic nitrogens is 2. The zero-order valence-corrected chi connectivity index (χ0v) is 9.15. The Morgan fingerprint density at radius 3 is 3.00 bits per heavy atom. The number of aryl methyl sites for hydroxylation is 1. The summed E-state index contributed by atoms with van der Waals surface area (Å²) in [6, 6.07) is 0. The molecule has 0 fully saturated rings. The van der Waals surface area contributed by atoms with Crippen molar-refractivity contribution in [3.05, 3.63) is 18.2 Å². The molecule has 86 valence electrons. The highest BCUT2D eigenvalue weighted by atomic mass is 16.5. The van der Waals surface area contributed by atoms with E-state index in [1.54, 1.807) is 6.20 Å². The van der Waals surface area contributed by atoms with E-state index >= 15 is 0 Å². The first kappa shape index (κ1) is 12.2. The van der Waals surface area contributed by atoms with Crippen LogP contribution >= 0.6 is 0 Å². The molecular formula is C10H19N3O2. The van der Waals surface area contributed by atoms with E-state index in [2.05, 4.69) is 14.9 Å². The Kier molecular flexibility index (Phi) is 5.99. The third kappa shape index (κ3) is 4.92. The van der Waals surface area contributed by atoms with Gasteiger partial charge in [-0.2, -0.15) is 0 Å². The second-order valence-corrected chi connectivity index (χ2v) is 3.25. The van der Waals surface area contributed by atoms with Crippen LogP contribution in [-0.2, 0) is 11.3 Å². The predicted molar refractivity (Wildman–Crippen MR) is 57.7 cm³/mol. The SMILES string of the molecule is Cc1nccn1CCNCCOCCO. The number of hydrogen-bond donors (Lipinski definition) is 2. The van der Waals surface area contributed by atoms with Crippen LogP contribution in [0.4, 0.5) is 0 Å².